The lowest BCUT2D eigenvalue weighted by molar-refractivity contribution is -0.113. The highest BCUT2D eigenvalue weighted by molar-refractivity contribution is 7.99. The molecule has 5 nitrogen and oxygen atoms in total. The number of aromatic nitrogens is 3. The molecule has 26 heavy (non-hydrogen) atoms. The summed E-state index contributed by atoms with van der Waals surface area (Å²) in [5, 5.41) is 12.9. The van der Waals surface area contributed by atoms with Crippen LogP contribution in [-0.4, -0.2) is 26.4 Å². The molecule has 1 fully saturated rings. The van der Waals surface area contributed by atoms with Gasteiger partial charge in [0.25, 0.3) is 0 Å². The number of hydrogen-bond donors (Lipinski definition) is 1. The minimum absolute atomic E-state index is 0.115. The summed E-state index contributed by atoms with van der Waals surface area (Å²) in [4.78, 5) is 12.2. The normalized spacial score (nSPS) is 15.0. The van der Waals surface area contributed by atoms with Crippen LogP contribution in [0, 0.1) is 0 Å². The van der Waals surface area contributed by atoms with Gasteiger partial charge in [-0.3, -0.25) is 4.79 Å². The summed E-state index contributed by atoms with van der Waals surface area (Å²) >= 11 is 7.47. The quantitative estimate of drug-likeness (QED) is 0.539. The summed E-state index contributed by atoms with van der Waals surface area (Å²) in [6.45, 7) is 4.50. The summed E-state index contributed by atoms with van der Waals surface area (Å²) in [7, 11) is 0. The van der Waals surface area contributed by atoms with Crippen LogP contribution in [0.3, 0.4) is 0 Å². The lowest BCUT2D eigenvalue weighted by Gasteiger charge is -2.21. The van der Waals surface area contributed by atoms with E-state index in [-0.39, 0.29) is 11.7 Å². The second-order valence-corrected chi connectivity index (χ2v) is 7.74. The minimum atomic E-state index is -0.115. The van der Waals surface area contributed by atoms with Crippen molar-refractivity contribution in [3.63, 3.8) is 0 Å². The zero-order chi connectivity index (χ0) is 18.4. The highest BCUT2D eigenvalue weighted by Crippen LogP contribution is 2.33. The van der Waals surface area contributed by atoms with Gasteiger partial charge in [0.05, 0.1) is 16.5 Å². The van der Waals surface area contributed by atoms with E-state index in [4.69, 9.17) is 11.6 Å². The molecule has 0 radical (unpaired) electrons. The van der Waals surface area contributed by atoms with Gasteiger partial charge in [0.15, 0.2) is 5.16 Å². The van der Waals surface area contributed by atoms with Gasteiger partial charge < -0.3 is 9.88 Å². The Bertz CT molecular complexity index is 771. The van der Waals surface area contributed by atoms with Crippen LogP contribution >= 0.6 is 23.4 Å². The second kappa shape index (κ2) is 9.24. The SMILES string of the molecule is C=CCn1c(SCC(=O)Nc2ccccc2Cl)nnc1C1CCCCC1. The number of nitrogens with one attached hydrogen (secondary N) is 1. The van der Waals surface area contributed by atoms with E-state index < -0.39 is 0 Å². The van der Waals surface area contributed by atoms with Crippen LogP contribution in [0.4, 0.5) is 5.69 Å². The van der Waals surface area contributed by atoms with Crippen molar-refractivity contribution in [2.75, 3.05) is 11.1 Å². The van der Waals surface area contributed by atoms with Gasteiger partial charge in [0, 0.05) is 12.5 Å². The van der Waals surface area contributed by atoms with Crippen molar-refractivity contribution in [2.24, 2.45) is 0 Å². The molecule has 1 heterocycles. The Morgan fingerprint density at radius 3 is 2.81 bits per heavy atom. The van der Waals surface area contributed by atoms with Crippen LogP contribution in [0.2, 0.25) is 5.02 Å². The van der Waals surface area contributed by atoms with Crippen molar-refractivity contribution in [3.05, 3.63) is 47.8 Å². The van der Waals surface area contributed by atoms with Crippen LogP contribution in [0.15, 0.2) is 42.1 Å². The Morgan fingerprint density at radius 1 is 1.31 bits per heavy atom. The molecule has 2 aromatic rings. The molecule has 138 valence electrons. The lowest BCUT2D eigenvalue weighted by atomic mass is 9.89. The third-order valence-electron chi connectivity index (χ3n) is 4.51. The fourth-order valence-corrected chi connectivity index (χ4v) is 4.19. The summed E-state index contributed by atoms with van der Waals surface area (Å²) < 4.78 is 2.09. The van der Waals surface area contributed by atoms with Crippen molar-refractivity contribution in [1.29, 1.82) is 0 Å². The first kappa shape index (κ1) is 19.0. The molecule has 1 aromatic carbocycles. The maximum Gasteiger partial charge on any atom is 0.234 e. The van der Waals surface area contributed by atoms with E-state index in [2.05, 4.69) is 26.7 Å². The lowest BCUT2D eigenvalue weighted by Crippen LogP contribution is -2.15. The zero-order valence-electron chi connectivity index (χ0n) is 14.7. The van der Waals surface area contributed by atoms with E-state index in [9.17, 15) is 4.79 Å². The fraction of sp³-hybridized carbons (Fsp3) is 0.421. The number of carbonyl (C=O) groups is 1. The highest BCUT2D eigenvalue weighted by atomic mass is 35.5. The smallest absolute Gasteiger partial charge is 0.234 e. The number of benzene rings is 1. The summed E-state index contributed by atoms with van der Waals surface area (Å²) in [6, 6.07) is 7.21. The molecule has 0 saturated heterocycles. The standard InChI is InChI=1S/C19H23ClN4OS/c1-2-12-24-18(14-8-4-3-5-9-14)22-23-19(24)26-13-17(25)21-16-11-7-6-10-15(16)20/h2,6-7,10-11,14H,1,3-5,8-9,12-13H2,(H,21,25). The van der Waals surface area contributed by atoms with E-state index in [1.807, 2.05) is 18.2 Å². The van der Waals surface area contributed by atoms with Crippen molar-refractivity contribution in [1.82, 2.24) is 14.8 Å². The Hall–Kier alpha value is -1.79. The van der Waals surface area contributed by atoms with Gasteiger partial charge >= 0.3 is 0 Å². The van der Waals surface area contributed by atoms with Crippen LogP contribution in [-0.2, 0) is 11.3 Å². The van der Waals surface area contributed by atoms with E-state index in [0.29, 0.717) is 23.2 Å². The third kappa shape index (κ3) is 4.68. The Kier molecular flexibility index (Phi) is 6.74. The number of thioether (sulfide) groups is 1. The molecule has 1 aromatic heterocycles. The molecular weight excluding hydrogens is 368 g/mol. The first-order valence-electron chi connectivity index (χ1n) is 8.90. The molecule has 0 bridgehead atoms. The molecule has 1 N–H and O–H groups in total. The molecule has 0 unspecified atom stereocenters. The first-order valence-corrected chi connectivity index (χ1v) is 10.3. The van der Waals surface area contributed by atoms with E-state index in [0.717, 1.165) is 23.8 Å². The van der Waals surface area contributed by atoms with Crippen molar-refractivity contribution in [3.8, 4) is 0 Å². The largest absolute Gasteiger partial charge is 0.324 e. The molecule has 1 saturated carbocycles. The summed E-state index contributed by atoms with van der Waals surface area (Å²) in [5.74, 6) is 1.63. The van der Waals surface area contributed by atoms with E-state index in [1.54, 1.807) is 12.1 Å². The fourth-order valence-electron chi connectivity index (χ4n) is 3.25. The van der Waals surface area contributed by atoms with E-state index in [1.165, 1.54) is 31.0 Å². The molecule has 0 atom stereocenters. The van der Waals surface area contributed by atoms with Crippen LogP contribution in [0.25, 0.3) is 0 Å². The highest BCUT2D eigenvalue weighted by Gasteiger charge is 2.23. The van der Waals surface area contributed by atoms with Crippen LogP contribution < -0.4 is 5.32 Å². The predicted octanol–water partition coefficient (Wildman–Crippen LogP) is 4.90. The molecule has 7 heteroatoms. The van der Waals surface area contributed by atoms with Gasteiger partial charge in [-0.2, -0.15) is 0 Å². The molecule has 0 aliphatic heterocycles. The number of carbonyl (C=O) groups excluding carboxylic acids is 1. The molecule has 1 aliphatic rings. The van der Waals surface area contributed by atoms with Crippen LogP contribution in [0.5, 0.6) is 0 Å². The summed E-state index contributed by atoms with van der Waals surface area (Å²) in [6.07, 6.45) is 7.96. The zero-order valence-corrected chi connectivity index (χ0v) is 16.2. The number of amides is 1. The second-order valence-electron chi connectivity index (χ2n) is 6.39. The van der Waals surface area contributed by atoms with Crippen molar-refractivity contribution >= 4 is 35.0 Å². The third-order valence-corrected chi connectivity index (χ3v) is 5.80. The Morgan fingerprint density at radius 2 is 2.08 bits per heavy atom. The Labute approximate surface area is 163 Å². The van der Waals surface area contributed by atoms with Crippen LogP contribution in [0.1, 0.15) is 43.8 Å². The van der Waals surface area contributed by atoms with Gasteiger partial charge in [0.1, 0.15) is 5.82 Å². The number of allylic oxidation sites excluding steroid dienone is 1. The number of anilines is 1. The number of halogens is 1. The maximum atomic E-state index is 12.2. The average molecular weight is 391 g/mol. The molecular formula is C19H23ClN4OS. The molecule has 0 spiro atoms. The molecule has 1 aliphatic carbocycles. The number of rotatable bonds is 7. The first-order chi connectivity index (χ1) is 12.7. The Balaban J connectivity index is 1.65. The monoisotopic (exact) mass is 390 g/mol. The maximum absolute atomic E-state index is 12.2. The van der Waals surface area contributed by atoms with Gasteiger partial charge in [-0.25, -0.2) is 0 Å². The van der Waals surface area contributed by atoms with Gasteiger partial charge in [-0.05, 0) is 25.0 Å². The predicted molar refractivity (Wildman–Crippen MR) is 107 cm³/mol. The van der Waals surface area contributed by atoms with Crippen molar-refractivity contribution < 1.29 is 4.79 Å². The van der Waals surface area contributed by atoms with E-state index >= 15 is 0 Å². The minimum Gasteiger partial charge on any atom is -0.324 e. The number of para-hydroxylation sites is 1. The molecule has 3 rings (SSSR count). The van der Waals surface area contributed by atoms with Gasteiger partial charge in [0.2, 0.25) is 5.91 Å². The topological polar surface area (TPSA) is 59.8 Å². The number of hydrogen-bond acceptors (Lipinski definition) is 4. The molecule has 1 amide bonds. The summed E-state index contributed by atoms with van der Waals surface area (Å²) in [5.41, 5.74) is 0.621. The number of nitrogens with zero attached hydrogens (tertiary/aromatic N) is 3. The van der Waals surface area contributed by atoms with Crippen molar-refractivity contribution in [2.45, 2.75) is 49.7 Å². The van der Waals surface area contributed by atoms with Gasteiger partial charge in [-0.15, -0.1) is 16.8 Å². The average Bonchev–Trinajstić information content (AvgIpc) is 3.06. The van der Waals surface area contributed by atoms with Gasteiger partial charge in [-0.1, -0.05) is 60.8 Å².